The van der Waals surface area contributed by atoms with Gasteiger partial charge < -0.3 is 0 Å². The highest BCUT2D eigenvalue weighted by Gasteiger charge is 1.96. The van der Waals surface area contributed by atoms with Crippen LogP contribution in [0.1, 0.15) is 47.1 Å². The van der Waals surface area contributed by atoms with Crippen LogP contribution in [0.15, 0.2) is 33.1 Å². The molecule has 0 aliphatic rings. The van der Waals surface area contributed by atoms with Gasteiger partial charge in [-0.15, -0.1) is 12.6 Å². The van der Waals surface area contributed by atoms with Crippen LogP contribution in [0.4, 0.5) is 5.69 Å². The Morgan fingerprint density at radius 1 is 1.06 bits per heavy atom. The first-order valence-electron chi connectivity index (χ1n) is 6.50. The lowest BCUT2D eigenvalue weighted by molar-refractivity contribution is 1.40. The van der Waals surface area contributed by atoms with Crippen LogP contribution < -0.4 is 0 Å². The molecule has 104 valence electrons. The van der Waals surface area contributed by atoms with Crippen LogP contribution in [-0.4, -0.2) is 20.0 Å². The van der Waals surface area contributed by atoms with Gasteiger partial charge in [-0.05, 0) is 24.9 Å². The molecule has 0 aliphatic heterocycles. The lowest BCUT2D eigenvalue weighted by Crippen LogP contribution is -1.81. The summed E-state index contributed by atoms with van der Waals surface area (Å²) in [5, 5.41) is 0. The normalized spacial score (nSPS) is 8.00. The first-order chi connectivity index (χ1) is 8.77. The van der Waals surface area contributed by atoms with Crippen molar-refractivity contribution in [3.8, 4) is 0 Å². The van der Waals surface area contributed by atoms with Crippen molar-refractivity contribution in [2.24, 2.45) is 9.98 Å². The van der Waals surface area contributed by atoms with E-state index in [0.29, 0.717) is 0 Å². The van der Waals surface area contributed by atoms with Crippen LogP contribution in [0.3, 0.4) is 0 Å². The summed E-state index contributed by atoms with van der Waals surface area (Å²) in [6.07, 6.45) is 1.74. The van der Waals surface area contributed by atoms with Gasteiger partial charge in [-0.3, -0.25) is 9.98 Å². The fourth-order valence-corrected chi connectivity index (χ4v) is 1.14. The summed E-state index contributed by atoms with van der Waals surface area (Å²) in [5.41, 5.74) is 1.78. The monoisotopic (exact) mass is 268 g/mol. The predicted molar refractivity (Wildman–Crippen MR) is 90.5 cm³/mol. The molecule has 0 spiro atoms. The molecule has 0 bridgehead atoms. The Kier molecular flexibility index (Phi) is 22.5. The van der Waals surface area contributed by atoms with Gasteiger partial charge in [0.15, 0.2) is 0 Å². The predicted octanol–water partition coefficient (Wildman–Crippen LogP) is 5.43. The van der Waals surface area contributed by atoms with Crippen molar-refractivity contribution in [2.75, 3.05) is 7.05 Å². The molecule has 0 atom stereocenters. The van der Waals surface area contributed by atoms with Gasteiger partial charge in [-0.25, -0.2) is 0 Å². The number of hydrogen-bond acceptors (Lipinski definition) is 3. The summed E-state index contributed by atoms with van der Waals surface area (Å²) in [6.45, 7) is 15.5. The van der Waals surface area contributed by atoms with E-state index in [2.05, 4.69) is 29.3 Å². The minimum Gasteiger partial charge on any atom is -0.296 e. The van der Waals surface area contributed by atoms with Gasteiger partial charge in [0.2, 0.25) is 0 Å². The maximum absolute atomic E-state index is 4.21. The van der Waals surface area contributed by atoms with E-state index in [1.165, 1.54) is 0 Å². The number of thiol groups is 1. The Hall–Kier alpha value is -1.09. The average molecular weight is 268 g/mol. The Morgan fingerprint density at radius 3 is 1.94 bits per heavy atom. The molecular weight excluding hydrogens is 240 g/mol. The fraction of sp³-hybridized carbons (Fsp3) is 0.467. The molecule has 0 aliphatic carbocycles. The second-order valence-electron chi connectivity index (χ2n) is 2.29. The van der Waals surface area contributed by atoms with Gasteiger partial charge in [0, 0.05) is 23.7 Å². The van der Waals surface area contributed by atoms with Crippen LogP contribution in [0.2, 0.25) is 0 Å². The standard InChI is InChI=1S/C9H10N2S.3C2H6/c1-10-6-7-5-8(12)3-4-9(7)11-2;3*1-2/h3-6,12H,2H2,1H3;3*1-2H3. The molecule has 0 saturated heterocycles. The number of aliphatic imine (C=N–C) groups is 2. The molecule has 0 amide bonds. The average Bonchev–Trinajstić information content (AvgIpc) is 2.46. The zero-order chi connectivity index (χ0) is 15.0. The highest BCUT2D eigenvalue weighted by molar-refractivity contribution is 7.80. The summed E-state index contributed by atoms with van der Waals surface area (Å²) >= 11 is 4.21. The molecule has 0 unspecified atom stereocenters. The summed E-state index contributed by atoms with van der Waals surface area (Å²) in [6, 6.07) is 5.65. The van der Waals surface area contributed by atoms with E-state index < -0.39 is 0 Å². The third kappa shape index (κ3) is 10.1. The number of nitrogens with zero attached hydrogens (tertiary/aromatic N) is 2. The Balaban J connectivity index is -0.000000328. The Bertz CT molecular complexity index is 320. The van der Waals surface area contributed by atoms with Gasteiger partial charge in [0.25, 0.3) is 0 Å². The van der Waals surface area contributed by atoms with Crippen molar-refractivity contribution in [3.05, 3.63) is 23.8 Å². The molecule has 2 nitrogen and oxygen atoms in total. The highest BCUT2D eigenvalue weighted by Crippen LogP contribution is 2.20. The number of benzene rings is 1. The van der Waals surface area contributed by atoms with E-state index in [-0.39, 0.29) is 0 Å². The van der Waals surface area contributed by atoms with Crippen LogP contribution in [0.5, 0.6) is 0 Å². The van der Waals surface area contributed by atoms with Crippen LogP contribution in [0, 0.1) is 0 Å². The molecule has 18 heavy (non-hydrogen) atoms. The summed E-state index contributed by atoms with van der Waals surface area (Å²) in [7, 11) is 1.72. The third-order valence-electron chi connectivity index (χ3n) is 1.45. The van der Waals surface area contributed by atoms with Gasteiger partial charge in [0.05, 0.1) is 5.69 Å². The van der Waals surface area contributed by atoms with E-state index in [1.54, 1.807) is 13.3 Å². The van der Waals surface area contributed by atoms with E-state index in [4.69, 9.17) is 0 Å². The SMILES string of the molecule is C=Nc1ccc(S)cc1C=NC.CC.CC.CC. The largest absolute Gasteiger partial charge is 0.296 e. The van der Waals surface area contributed by atoms with Crippen LogP contribution >= 0.6 is 12.6 Å². The maximum atomic E-state index is 4.21. The molecule has 0 radical (unpaired) electrons. The first kappa shape index (κ1) is 22.1. The fourth-order valence-electron chi connectivity index (χ4n) is 0.928. The second-order valence-corrected chi connectivity index (χ2v) is 2.80. The third-order valence-corrected chi connectivity index (χ3v) is 1.73. The molecule has 1 aromatic rings. The summed E-state index contributed by atoms with van der Waals surface area (Å²) < 4.78 is 0. The molecule has 0 aromatic heterocycles. The van der Waals surface area contributed by atoms with E-state index in [9.17, 15) is 0 Å². The summed E-state index contributed by atoms with van der Waals surface area (Å²) in [4.78, 5) is 8.66. The Morgan fingerprint density at radius 2 is 1.56 bits per heavy atom. The molecule has 0 fully saturated rings. The topological polar surface area (TPSA) is 24.7 Å². The molecule has 1 rings (SSSR count). The van der Waals surface area contributed by atoms with Gasteiger partial charge in [0.1, 0.15) is 0 Å². The molecule has 3 heteroatoms. The lowest BCUT2D eigenvalue weighted by atomic mass is 10.2. The molecule has 0 heterocycles. The highest BCUT2D eigenvalue weighted by atomic mass is 32.1. The molecule has 0 saturated carbocycles. The van der Waals surface area contributed by atoms with Crippen molar-refractivity contribution in [2.45, 2.75) is 46.4 Å². The minimum atomic E-state index is 0.832. The van der Waals surface area contributed by atoms with Crippen LogP contribution in [-0.2, 0) is 0 Å². The van der Waals surface area contributed by atoms with E-state index >= 15 is 0 Å². The molecular formula is C15H28N2S. The minimum absolute atomic E-state index is 0.832. The van der Waals surface area contributed by atoms with Crippen molar-refractivity contribution >= 4 is 31.2 Å². The van der Waals surface area contributed by atoms with E-state index in [0.717, 1.165) is 16.1 Å². The molecule has 0 N–H and O–H groups in total. The van der Waals surface area contributed by atoms with Crippen molar-refractivity contribution in [1.82, 2.24) is 0 Å². The smallest absolute Gasteiger partial charge is 0.0710 e. The Labute approximate surface area is 119 Å². The van der Waals surface area contributed by atoms with E-state index in [1.807, 2.05) is 59.7 Å². The lowest BCUT2D eigenvalue weighted by Gasteiger charge is -1.99. The maximum Gasteiger partial charge on any atom is 0.0710 e. The quantitative estimate of drug-likeness (QED) is 0.546. The number of rotatable bonds is 2. The zero-order valence-electron chi connectivity index (χ0n) is 12.9. The van der Waals surface area contributed by atoms with Gasteiger partial charge in [-0.2, -0.15) is 0 Å². The van der Waals surface area contributed by atoms with Crippen molar-refractivity contribution in [3.63, 3.8) is 0 Å². The first-order valence-corrected chi connectivity index (χ1v) is 6.94. The van der Waals surface area contributed by atoms with Gasteiger partial charge in [-0.1, -0.05) is 41.5 Å². The summed E-state index contributed by atoms with van der Waals surface area (Å²) in [5.74, 6) is 0. The zero-order valence-corrected chi connectivity index (χ0v) is 13.8. The van der Waals surface area contributed by atoms with Gasteiger partial charge >= 0.3 is 0 Å². The van der Waals surface area contributed by atoms with Crippen LogP contribution in [0.25, 0.3) is 0 Å². The second kappa shape index (κ2) is 18.3. The van der Waals surface area contributed by atoms with Crippen molar-refractivity contribution in [1.29, 1.82) is 0 Å². The number of hydrogen-bond donors (Lipinski definition) is 1. The molecule has 1 aromatic carbocycles. The van der Waals surface area contributed by atoms with Crippen molar-refractivity contribution < 1.29 is 0 Å².